The zero-order chi connectivity index (χ0) is 19.7. The molecule has 0 spiro atoms. The van der Waals surface area contributed by atoms with E-state index in [0.29, 0.717) is 11.3 Å². The number of carbonyl (C=O) groups is 1. The van der Waals surface area contributed by atoms with Gasteiger partial charge in [0, 0.05) is 16.5 Å². The Labute approximate surface area is 167 Å². The number of carbonyl (C=O) groups excluding carboxylic acids is 1. The maximum Gasteiger partial charge on any atom is 0.417 e. The van der Waals surface area contributed by atoms with E-state index in [9.17, 15) is 18.0 Å². The first-order valence-corrected chi connectivity index (χ1v) is 10.6. The molecule has 1 aromatic rings. The molecule has 7 heteroatoms. The lowest BCUT2D eigenvalue weighted by Crippen LogP contribution is -2.42. The molecular formula is C21H23F3N2OS. The summed E-state index contributed by atoms with van der Waals surface area (Å²) in [6.07, 6.45) is 6.34. The third-order valence-electron chi connectivity index (χ3n) is 5.46. The average Bonchev–Trinajstić information content (AvgIpc) is 2.67. The topological polar surface area (TPSA) is 32.3 Å². The molecule has 0 aromatic heterocycles. The molecular weight excluding hydrogens is 385 g/mol. The summed E-state index contributed by atoms with van der Waals surface area (Å²) in [6.45, 7) is 0.0418. The van der Waals surface area contributed by atoms with Crippen LogP contribution in [0.3, 0.4) is 0 Å². The van der Waals surface area contributed by atoms with Crippen LogP contribution in [-0.2, 0) is 11.0 Å². The number of rotatable bonds is 3. The van der Waals surface area contributed by atoms with Crippen molar-refractivity contribution in [3.63, 3.8) is 0 Å². The first kappa shape index (κ1) is 19.4. The van der Waals surface area contributed by atoms with Gasteiger partial charge in [-0.25, -0.2) is 0 Å². The van der Waals surface area contributed by atoms with Crippen LogP contribution >= 0.6 is 11.9 Å². The minimum absolute atomic E-state index is 0.0418. The van der Waals surface area contributed by atoms with Crippen molar-refractivity contribution in [2.75, 3.05) is 10.8 Å². The van der Waals surface area contributed by atoms with Gasteiger partial charge in [-0.05, 0) is 55.3 Å². The Morgan fingerprint density at radius 1 is 1.14 bits per heavy atom. The van der Waals surface area contributed by atoms with Crippen LogP contribution in [-0.4, -0.2) is 18.5 Å². The molecule has 1 amide bonds. The number of hydrogen-bond acceptors (Lipinski definition) is 3. The fourth-order valence-corrected chi connectivity index (χ4v) is 5.31. The summed E-state index contributed by atoms with van der Waals surface area (Å²) < 4.78 is 42.8. The predicted molar refractivity (Wildman–Crippen MR) is 107 cm³/mol. The van der Waals surface area contributed by atoms with E-state index in [1.807, 2.05) is 12.2 Å². The minimum Gasteiger partial charge on any atom is -0.352 e. The zero-order valence-electron chi connectivity index (χ0n) is 15.5. The number of nitrogens with one attached hydrogen (secondary N) is 1. The van der Waals surface area contributed by atoms with Gasteiger partial charge in [-0.15, -0.1) is 0 Å². The molecule has 0 radical (unpaired) electrons. The number of hydrogen-bond donors (Lipinski definition) is 1. The first-order chi connectivity index (χ1) is 13.4. The fourth-order valence-electron chi connectivity index (χ4n) is 4.17. The van der Waals surface area contributed by atoms with E-state index >= 15 is 0 Å². The molecule has 0 unspecified atom stereocenters. The lowest BCUT2D eigenvalue weighted by atomic mass is 9.92. The van der Waals surface area contributed by atoms with Crippen LogP contribution in [0.4, 0.5) is 18.9 Å². The van der Waals surface area contributed by atoms with E-state index in [2.05, 4.69) is 5.32 Å². The lowest BCUT2D eigenvalue weighted by Gasteiger charge is -2.35. The van der Waals surface area contributed by atoms with Crippen molar-refractivity contribution < 1.29 is 18.0 Å². The van der Waals surface area contributed by atoms with E-state index in [1.54, 1.807) is 10.4 Å². The maximum absolute atomic E-state index is 13.7. The summed E-state index contributed by atoms with van der Waals surface area (Å²) in [5.74, 6) is -0.133. The van der Waals surface area contributed by atoms with Crippen molar-refractivity contribution in [2.24, 2.45) is 0 Å². The van der Waals surface area contributed by atoms with Crippen molar-refractivity contribution in [3.05, 3.63) is 46.4 Å². The molecule has 0 bridgehead atoms. The van der Waals surface area contributed by atoms with Crippen LogP contribution in [0.25, 0.3) is 5.57 Å². The van der Waals surface area contributed by atoms with Crippen LogP contribution in [0.1, 0.15) is 56.1 Å². The first-order valence-electron chi connectivity index (χ1n) is 9.79. The second-order valence-corrected chi connectivity index (χ2v) is 8.55. The van der Waals surface area contributed by atoms with Gasteiger partial charge in [-0.2, -0.15) is 13.2 Å². The van der Waals surface area contributed by atoms with Gasteiger partial charge in [0.15, 0.2) is 0 Å². The largest absolute Gasteiger partial charge is 0.417 e. The van der Waals surface area contributed by atoms with E-state index in [1.165, 1.54) is 24.4 Å². The highest BCUT2D eigenvalue weighted by atomic mass is 32.2. The summed E-state index contributed by atoms with van der Waals surface area (Å²) in [6, 6.07) is 4.41. The molecule has 2 aliphatic carbocycles. The number of amides is 1. The molecule has 3 nitrogen and oxygen atoms in total. The van der Waals surface area contributed by atoms with Gasteiger partial charge < -0.3 is 9.62 Å². The van der Waals surface area contributed by atoms with E-state index in [4.69, 9.17) is 0 Å². The molecule has 0 atom stereocenters. The highest BCUT2D eigenvalue weighted by molar-refractivity contribution is 8.05. The van der Waals surface area contributed by atoms with Crippen molar-refractivity contribution in [3.8, 4) is 0 Å². The Hall–Kier alpha value is -1.89. The standard InChI is InChI=1S/C21H23F3N2OS/c22-21(23,24)16-10-6-11-17-20(16)15-9-4-5-12-18(15)28-26(17)13-19(27)25-14-7-2-1-3-8-14/h6,9-12,14H,1-5,7-8,13H2,(H,25,27). The van der Waals surface area contributed by atoms with Gasteiger partial charge in [0.1, 0.15) is 6.54 Å². The quantitative estimate of drug-likeness (QED) is 0.653. The van der Waals surface area contributed by atoms with E-state index in [0.717, 1.165) is 49.5 Å². The molecule has 1 N–H and O–H groups in total. The Bertz CT molecular complexity index is 825. The Morgan fingerprint density at radius 3 is 2.64 bits per heavy atom. The number of anilines is 1. The monoisotopic (exact) mass is 408 g/mol. The van der Waals surface area contributed by atoms with Gasteiger partial charge in [0.25, 0.3) is 0 Å². The second-order valence-electron chi connectivity index (χ2n) is 7.49. The molecule has 4 rings (SSSR count). The maximum atomic E-state index is 13.7. The number of halogens is 3. The molecule has 150 valence electrons. The van der Waals surface area contributed by atoms with Gasteiger partial charge in [0.05, 0.1) is 11.3 Å². The lowest BCUT2D eigenvalue weighted by molar-refractivity contribution is -0.137. The van der Waals surface area contributed by atoms with Gasteiger partial charge in [-0.3, -0.25) is 4.79 Å². The number of nitrogens with zero attached hydrogens (tertiary/aromatic N) is 1. The zero-order valence-corrected chi connectivity index (χ0v) is 16.3. The summed E-state index contributed by atoms with van der Waals surface area (Å²) in [5.41, 5.74) is 0.666. The molecule has 1 aromatic carbocycles. The Kier molecular flexibility index (Phi) is 5.45. The highest BCUT2D eigenvalue weighted by Crippen LogP contribution is 2.51. The molecule has 1 heterocycles. The van der Waals surface area contributed by atoms with Crippen LogP contribution in [0.2, 0.25) is 0 Å². The molecule has 1 fully saturated rings. The van der Waals surface area contributed by atoms with Crippen LogP contribution in [0.5, 0.6) is 0 Å². The number of allylic oxidation sites excluding steroid dienone is 3. The SMILES string of the molecule is O=C(CN1SC2=CCCC=C2c2c1cccc2C(F)(F)F)NC1CCCCC1. The number of benzene rings is 1. The molecule has 3 aliphatic rings. The number of fused-ring (bicyclic) bond motifs is 3. The Morgan fingerprint density at radius 2 is 1.89 bits per heavy atom. The summed E-state index contributed by atoms with van der Waals surface area (Å²) >= 11 is 1.37. The van der Waals surface area contributed by atoms with E-state index in [-0.39, 0.29) is 24.1 Å². The van der Waals surface area contributed by atoms with Crippen LogP contribution < -0.4 is 9.62 Å². The summed E-state index contributed by atoms with van der Waals surface area (Å²) in [7, 11) is 0. The van der Waals surface area contributed by atoms with Crippen LogP contribution in [0.15, 0.2) is 35.3 Å². The van der Waals surface area contributed by atoms with Gasteiger partial charge >= 0.3 is 6.18 Å². The third-order valence-corrected chi connectivity index (χ3v) is 6.59. The summed E-state index contributed by atoms with van der Waals surface area (Å²) in [4.78, 5) is 13.4. The van der Waals surface area contributed by atoms with Gasteiger partial charge in [0.2, 0.25) is 5.91 Å². The molecule has 1 aliphatic heterocycles. The fraction of sp³-hybridized carbons (Fsp3) is 0.476. The van der Waals surface area contributed by atoms with Crippen molar-refractivity contribution in [1.82, 2.24) is 5.32 Å². The number of alkyl halides is 3. The van der Waals surface area contributed by atoms with E-state index < -0.39 is 11.7 Å². The van der Waals surface area contributed by atoms with Crippen molar-refractivity contribution in [2.45, 2.75) is 57.2 Å². The highest BCUT2D eigenvalue weighted by Gasteiger charge is 2.39. The predicted octanol–water partition coefficient (Wildman–Crippen LogP) is 5.68. The molecule has 0 saturated heterocycles. The minimum atomic E-state index is -4.44. The summed E-state index contributed by atoms with van der Waals surface area (Å²) in [5, 5.41) is 3.06. The smallest absolute Gasteiger partial charge is 0.352 e. The second kappa shape index (κ2) is 7.85. The Balaban J connectivity index is 1.64. The van der Waals surface area contributed by atoms with Crippen molar-refractivity contribution in [1.29, 1.82) is 0 Å². The van der Waals surface area contributed by atoms with Gasteiger partial charge in [-0.1, -0.05) is 37.5 Å². The normalized spacial score (nSPS) is 20.0. The van der Waals surface area contributed by atoms with Crippen LogP contribution in [0, 0.1) is 0 Å². The average molecular weight is 408 g/mol. The molecule has 1 saturated carbocycles. The third kappa shape index (κ3) is 3.95. The molecule has 28 heavy (non-hydrogen) atoms. The van der Waals surface area contributed by atoms with Crippen molar-refractivity contribution >= 4 is 29.1 Å².